The maximum atomic E-state index is 12.7. The van der Waals surface area contributed by atoms with E-state index in [9.17, 15) is 8.42 Å². The average Bonchev–Trinajstić information content (AvgIpc) is 2.49. The zero-order chi connectivity index (χ0) is 15.0. The molecule has 2 aliphatic rings. The van der Waals surface area contributed by atoms with Gasteiger partial charge in [-0.2, -0.15) is 4.31 Å². The minimum atomic E-state index is -3.51. The van der Waals surface area contributed by atoms with E-state index in [0.717, 1.165) is 0 Å². The lowest BCUT2D eigenvalue weighted by Crippen LogP contribution is -2.48. The molecule has 2 unspecified atom stereocenters. The predicted octanol–water partition coefficient (Wildman–Crippen LogP) is 1.24. The van der Waals surface area contributed by atoms with Crippen LogP contribution in [0, 0.1) is 5.92 Å². The number of piperidine rings is 1. The molecule has 22 heavy (non-hydrogen) atoms. The fourth-order valence-corrected chi connectivity index (χ4v) is 4.25. The third-order valence-electron chi connectivity index (χ3n) is 4.09. The second kappa shape index (κ2) is 6.62. The monoisotopic (exact) mass is 348 g/mol. The van der Waals surface area contributed by atoms with E-state index in [4.69, 9.17) is 15.2 Å². The Bertz CT molecular complexity index is 638. The van der Waals surface area contributed by atoms with Crippen LogP contribution in [-0.4, -0.2) is 45.1 Å². The summed E-state index contributed by atoms with van der Waals surface area (Å²) < 4.78 is 37.8. The third kappa shape index (κ3) is 3.17. The summed E-state index contributed by atoms with van der Waals surface area (Å²) in [5.74, 6) is 1.24. The lowest BCUT2D eigenvalue weighted by Gasteiger charge is -2.34. The molecule has 2 N–H and O–H groups in total. The highest BCUT2D eigenvalue weighted by atomic mass is 35.5. The van der Waals surface area contributed by atoms with Gasteiger partial charge < -0.3 is 15.2 Å². The summed E-state index contributed by atoms with van der Waals surface area (Å²) in [5.41, 5.74) is 5.96. The molecule has 6 nitrogen and oxygen atoms in total. The summed E-state index contributed by atoms with van der Waals surface area (Å²) in [6.45, 7) is 3.82. The molecule has 2 aliphatic heterocycles. The molecule has 1 fully saturated rings. The molecular formula is C14H21ClN2O4S. The fourth-order valence-electron chi connectivity index (χ4n) is 2.68. The first kappa shape index (κ1) is 17.3. The van der Waals surface area contributed by atoms with Gasteiger partial charge in [0.25, 0.3) is 0 Å². The molecule has 1 aromatic rings. The second-order valence-corrected chi connectivity index (χ2v) is 7.54. The highest BCUT2D eigenvalue weighted by Crippen LogP contribution is 2.33. The minimum absolute atomic E-state index is 0. The van der Waals surface area contributed by atoms with Crippen molar-refractivity contribution in [2.75, 3.05) is 26.3 Å². The molecule has 2 heterocycles. The Balaban J connectivity index is 0.00000176. The molecule has 8 heteroatoms. The van der Waals surface area contributed by atoms with Crippen molar-refractivity contribution < 1.29 is 17.9 Å². The summed E-state index contributed by atoms with van der Waals surface area (Å²) in [6, 6.07) is 4.84. The van der Waals surface area contributed by atoms with E-state index < -0.39 is 10.0 Å². The van der Waals surface area contributed by atoms with Gasteiger partial charge in [0.15, 0.2) is 11.5 Å². The van der Waals surface area contributed by atoms with Gasteiger partial charge in [0.05, 0.1) is 4.90 Å². The first-order valence-electron chi connectivity index (χ1n) is 7.14. The summed E-state index contributed by atoms with van der Waals surface area (Å²) in [6.07, 6.45) is 0.685. The van der Waals surface area contributed by atoms with Crippen LogP contribution in [0.25, 0.3) is 0 Å². The fraction of sp³-hybridized carbons (Fsp3) is 0.571. The van der Waals surface area contributed by atoms with Gasteiger partial charge in [-0.05, 0) is 24.5 Å². The van der Waals surface area contributed by atoms with Gasteiger partial charge in [0.2, 0.25) is 10.0 Å². The summed E-state index contributed by atoms with van der Waals surface area (Å²) in [5, 5.41) is 0. The first-order valence-corrected chi connectivity index (χ1v) is 8.58. The van der Waals surface area contributed by atoms with Crippen LogP contribution in [0.2, 0.25) is 0 Å². The highest BCUT2D eigenvalue weighted by Gasteiger charge is 2.32. The molecular weight excluding hydrogens is 328 g/mol. The molecule has 3 rings (SSSR count). The van der Waals surface area contributed by atoms with Crippen LogP contribution in [0.1, 0.15) is 13.3 Å². The quantitative estimate of drug-likeness (QED) is 0.869. The Morgan fingerprint density at radius 3 is 2.59 bits per heavy atom. The van der Waals surface area contributed by atoms with Gasteiger partial charge in [-0.25, -0.2) is 8.42 Å². The molecule has 1 saturated heterocycles. The Labute approximate surface area is 137 Å². The van der Waals surface area contributed by atoms with Crippen LogP contribution in [0.4, 0.5) is 0 Å². The molecule has 0 aliphatic carbocycles. The number of nitrogens with zero attached hydrogens (tertiary/aromatic N) is 1. The van der Waals surface area contributed by atoms with Crippen LogP contribution >= 0.6 is 12.4 Å². The van der Waals surface area contributed by atoms with Crippen LogP contribution in [0.3, 0.4) is 0 Å². The van der Waals surface area contributed by atoms with Crippen LogP contribution in [0.15, 0.2) is 23.1 Å². The van der Waals surface area contributed by atoms with Gasteiger partial charge in [0, 0.05) is 25.2 Å². The number of nitrogens with two attached hydrogens (primary N) is 1. The molecule has 0 radical (unpaired) electrons. The van der Waals surface area contributed by atoms with Crippen molar-refractivity contribution in [1.82, 2.24) is 4.31 Å². The van der Waals surface area contributed by atoms with E-state index in [1.807, 2.05) is 6.92 Å². The van der Waals surface area contributed by atoms with Crippen LogP contribution < -0.4 is 15.2 Å². The van der Waals surface area contributed by atoms with Gasteiger partial charge in [-0.1, -0.05) is 6.92 Å². The van der Waals surface area contributed by atoms with Crippen molar-refractivity contribution in [1.29, 1.82) is 0 Å². The van der Waals surface area contributed by atoms with Crippen molar-refractivity contribution >= 4 is 22.4 Å². The molecule has 1 aromatic carbocycles. The normalized spacial score (nSPS) is 25.4. The van der Waals surface area contributed by atoms with E-state index in [2.05, 4.69) is 0 Å². The minimum Gasteiger partial charge on any atom is -0.486 e. The van der Waals surface area contributed by atoms with Gasteiger partial charge in [0.1, 0.15) is 13.2 Å². The zero-order valence-corrected chi connectivity index (χ0v) is 14.0. The molecule has 124 valence electrons. The van der Waals surface area contributed by atoms with Crippen molar-refractivity contribution in [3.8, 4) is 11.5 Å². The number of fused-ring (bicyclic) bond motifs is 1. The van der Waals surface area contributed by atoms with E-state index in [0.29, 0.717) is 44.2 Å². The summed E-state index contributed by atoms with van der Waals surface area (Å²) in [4.78, 5) is 0.245. The third-order valence-corrected chi connectivity index (χ3v) is 5.95. The number of benzene rings is 1. The smallest absolute Gasteiger partial charge is 0.243 e. The van der Waals surface area contributed by atoms with E-state index in [-0.39, 0.29) is 29.3 Å². The first-order chi connectivity index (χ1) is 9.98. The number of sulfonamides is 1. The maximum Gasteiger partial charge on any atom is 0.243 e. The van der Waals surface area contributed by atoms with Gasteiger partial charge >= 0.3 is 0 Å². The predicted molar refractivity (Wildman–Crippen MR) is 85.2 cm³/mol. The lowest BCUT2D eigenvalue weighted by molar-refractivity contribution is 0.171. The van der Waals surface area contributed by atoms with E-state index >= 15 is 0 Å². The second-order valence-electron chi connectivity index (χ2n) is 5.60. The zero-order valence-electron chi connectivity index (χ0n) is 12.4. The maximum absolute atomic E-state index is 12.7. The number of hydrogen-bond acceptors (Lipinski definition) is 5. The van der Waals surface area contributed by atoms with E-state index in [1.165, 1.54) is 4.31 Å². The van der Waals surface area contributed by atoms with Crippen molar-refractivity contribution in [3.63, 3.8) is 0 Å². The lowest BCUT2D eigenvalue weighted by atomic mass is 9.96. The molecule has 0 amide bonds. The molecule has 0 spiro atoms. The molecule has 0 aromatic heterocycles. The average molecular weight is 349 g/mol. The van der Waals surface area contributed by atoms with Gasteiger partial charge in [-0.3, -0.25) is 0 Å². The van der Waals surface area contributed by atoms with Crippen LogP contribution in [-0.2, 0) is 10.0 Å². The van der Waals surface area contributed by atoms with Crippen LogP contribution in [0.5, 0.6) is 11.5 Å². The Kier molecular flexibility index (Phi) is 5.21. The molecule has 0 saturated carbocycles. The van der Waals surface area contributed by atoms with E-state index in [1.54, 1.807) is 18.2 Å². The number of rotatable bonds is 2. The number of hydrogen-bond donors (Lipinski definition) is 1. The largest absolute Gasteiger partial charge is 0.486 e. The van der Waals surface area contributed by atoms with Crippen molar-refractivity contribution in [2.24, 2.45) is 11.7 Å². The molecule has 2 atom stereocenters. The SMILES string of the molecule is CC1CN(S(=O)(=O)c2ccc3c(c2)OCCO3)CCC1N.Cl. The summed E-state index contributed by atoms with van der Waals surface area (Å²) in [7, 11) is -3.51. The van der Waals surface area contributed by atoms with Crippen molar-refractivity contribution in [3.05, 3.63) is 18.2 Å². The Hall–Kier alpha value is -1.02. The number of ether oxygens (including phenoxy) is 2. The van der Waals surface area contributed by atoms with Crippen molar-refractivity contribution in [2.45, 2.75) is 24.3 Å². The highest BCUT2D eigenvalue weighted by molar-refractivity contribution is 7.89. The Morgan fingerprint density at radius 2 is 1.91 bits per heavy atom. The molecule has 0 bridgehead atoms. The summed E-state index contributed by atoms with van der Waals surface area (Å²) >= 11 is 0. The van der Waals surface area contributed by atoms with Gasteiger partial charge in [-0.15, -0.1) is 12.4 Å². The Morgan fingerprint density at radius 1 is 1.23 bits per heavy atom. The standard InChI is InChI=1S/C14H20N2O4S.ClH/c1-10-9-16(5-4-12(10)15)21(17,18)11-2-3-13-14(8-11)20-7-6-19-13;/h2-3,8,10,12H,4-7,9,15H2,1H3;1H. The topological polar surface area (TPSA) is 81.9 Å². The number of halogens is 1.